The minimum Gasteiger partial charge on any atom is -0.457 e. The zero-order chi connectivity index (χ0) is 17.6. The largest absolute Gasteiger partial charge is 0.457 e. The van der Waals surface area contributed by atoms with Gasteiger partial charge in [0, 0.05) is 12.6 Å². The van der Waals surface area contributed by atoms with E-state index < -0.39 is 0 Å². The molecule has 0 N–H and O–H groups in total. The Morgan fingerprint density at radius 1 is 1.08 bits per heavy atom. The van der Waals surface area contributed by atoms with Crippen LogP contribution >= 0.6 is 0 Å². The minimum absolute atomic E-state index is 0.263. The van der Waals surface area contributed by atoms with E-state index in [9.17, 15) is 4.79 Å². The number of ether oxygens (including phenoxy) is 1. The fourth-order valence-electron chi connectivity index (χ4n) is 3.38. The van der Waals surface area contributed by atoms with Crippen LogP contribution in [0.4, 0.5) is 0 Å². The number of likely N-dealkylation sites (tertiary alicyclic amines) is 1. The van der Waals surface area contributed by atoms with Gasteiger partial charge in [-0.15, -0.1) is 0 Å². The lowest BCUT2D eigenvalue weighted by molar-refractivity contribution is 0.0470. The quantitative estimate of drug-likeness (QED) is 0.739. The molecule has 1 saturated heterocycles. The Kier molecular flexibility index (Phi) is 5.87. The molecule has 0 spiro atoms. The lowest BCUT2D eigenvalue weighted by Crippen LogP contribution is -2.37. The highest BCUT2D eigenvalue weighted by molar-refractivity contribution is 5.89. The van der Waals surface area contributed by atoms with Crippen molar-refractivity contribution in [2.24, 2.45) is 0 Å². The molecule has 2 aromatic rings. The van der Waals surface area contributed by atoms with Crippen molar-refractivity contribution in [2.75, 3.05) is 6.54 Å². The summed E-state index contributed by atoms with van der Waals surface area (Å²) in [6.45, 7) is 6.72. The molecule has 0 radical (unpaired) electrons. The van der Waals surface area contributed by atoms with E-state index in [1.807, 2.05) is 37.3 Å². The van der Waals surface area contributed by atoms with Gasteiger partial charge in [0.05, 0.1) is 5.56 Å². The Morgan fingerprint density at radius 2 is 1.80 bits per heavy atom. The molecule has 0 bridgehead atoms. The molecule has 1 aliphatic rings. The van der Waals surface area contributed by atoms with Gasteiger partial charge >= 0.3 is 5.97 Å². The molecular formula is C22H27NO2. The van der Waals surface area contributed by atoms with Gasteiger partial charge in [-0.3, -0.25) is 4.90 Å². The number of carbonyl (C=O) groups is 1. The van der Waals surface area contributed by atoms with Crippen molar-refractivity contribution in [3.8, 4) is 0 Å². The average Bonchev–Trinajstić information content (AvgIpc) is 2.63. The second-order valence-electron chi connectivity index (χ2n) is 7.03. The van der Waals surface area contributed by atoms with Gasteiger partial charge in [0.25, 0.3) is 0 Å². The first kappa shape index (κ1) is 17.7. The van der Waals surface area contributed by atoms with Crippen LogP contribution in [0.15, 0.2) is 48.5 Å². The highest BCUT2D eigenvalue weighted by Gasteiger charge is 2.19. The highest BCUT2D eigenvalue weighted by Crippen LogP contribution is 2.21. The summed E-state index contributed by atoms with van der Waals surface area (Å²) in [6.07, 6.45) is 3.87. The summed E-state index contributed by atoms with van der Waals surface area (Å²) in [5, 5.41) is 0. The molecule has 3 heteroatoms. The molecule has 1 fully saturated rings. The van der Waals surface area contributed by atoms with Crippen molar-refractivity contribution < 1.29 is 9.53 Å². The van der Waals surface area contributed by atoms with Gasteiger partial charge in [-0.05, 0) is 56.5 Å². The van der Waals surface area contributed by atoms with Crippen LogP contribution in [-0.2, 0) is 17.9 Å². The van der Waals surface area contributed by atoms with Crippen molar-refractivity contribution in [3.63, 3.8) is 0 Å². The number of esters is 1. The van der Waals surface area contributed by atoms with Crippen LogP contribution in [0, 0.1) is 6.92 Å². The zero-order valence-corrected chi connectivity index (χ0v) is 15.2. The van der Waals surface area contributed by atoms with Gasteiger partial charge < -0.3 is 4.74 Å². The van der Waals surface area contributed by atoms with Crippen LogP contribution in [0.5, 0.6) is 0 Å². The summed E-state index contributed by atoms with van der Waals surface area (Å²) in [7, 11) is 0. The Balaban J connectivity index is 1.64. The number of nitrogens with zero attached hydrogens (tertiary/aromatic N) is 1. The maximum Gasteiger partial charge on any atom is 0.338 e. The molecule has 0 saturated carbocycles. The monoisotopic (exact) mass is 337 g/mol. The first-order chi connectivity index (χ1) is 12.1. The van der Waals surface area contributed by atoms with Crippen molar-refractivity contribution in [1.29, 1.82) is 0 Å². The third-order valence-corrected chi connectivity index (χ3v) is 5.08. The molecule has 1 heterocycles. The van der Waals surface area contributed by atoms with Crippen LogP contribution in [0.2, 0.25) is 0 Å². The van der Waals surface area contributed by atoms with E-state index in [0.717, 1.165) is 24.2 Å². The third-order valence-electron chi connectivity index (χ3n) is 5.08. The van der Waals surface area contributed by atoms with Crippen LogP contribution in [0.3, 0.4) is 0 Å². The van der Waals surface area contributed by atoms with Gasteiger partial charge in [-0.1, -0.05) is 48.4 Å². The maximum atomic E-state index is 12.3. The summed E-state index contributed by atoms with van der Waals surface area (Å²) >= 11 is 0. The average molecular weight is 337 g/mol. The molecule has 132 valence electrons. The van der Waals surface area contributed by atoms with Gasteiger partial charge in [0.2, 0.25) is 0 Å². The first-order valence-corrected chi connectivity index (χ1v) is 9.18. The Labute approximate surface area is 150 Å². The topological polar surface area (TPSA) is 29.5 Å². The number of piperidine rings is 1. The van der Waals surface area contributed by atoms with Gasteiger partial charge in [0.15, 0.2) is 0 Å². The van der Waals surface area contributed by atoms with E-state index >= 15 is 0 Å². The summed E-state index contributed by atoms with van der Waals surface area (Å²) in [4.78, 5) is 14.8. The van der Waals surface area contributed by atoms with E-state index in [4.69, 9.17) is 4.74 Å². The number of hydrogen-bond acceptors (Lipinski definition) is 3. The van der Waals surface area contributed by atoms with Crippen molar-refractivity contribution in [2.45, 2.75) is 52.3 Å². The number of benzene rings is 2. The molecule has 0 amide bonds. The predicted molar refractivity (Wildman–Crippen MR) is 100 cm³/mol. The molecule has 0 aliphatic carbocycles. The van der Waals surface area contributed by atoms with Crippen LogP contribution in [0.25, 0.3) is 0 Å². The molecule has 1 atom stereocenters. The molecule has 2 aromatic carbocycles. The maximum absolute atomic E-state index is 12.3. The molecule has 25 heavy (non-hydrogen) atoms. The summed E-state index contributed by atoms with van der Waals surface area (Å²) in [6, 6.07) is 16.4. The Morgan fingerprint density at radius 3 is 2.52 bits per heavy atom. The number of rotatable bonds is 5. The molecule has 3 rings (SSSR count). The van der Waals surface area contributed by atoms with Gasteiger partial charge in [-0.2, -0.15) is 0 Å². The van der Waals surface area contributed by atoms with Gasteiger partial charge in [-0.25, -0.2) is 4.79 Å². The number of aryl methyl sites for hydroxylation is 1. The second-order valence-corrected chi connectivity index (χ2v) is 7.03. The van der Waals surface area contributed by atoms with Crippen molar-refractivity contribution in [1.82, 2.24) is 4.90 Å². The predicted octanol–water partition coefficient (Wildman–Crippen LogP) is 4.73. The van der Waals surface area contributed by atoms with E-state index in [-0.39, 0.29) is 5.97 Å². The van der Waals surface area contributed by atoms with Crippen molar-refractivity contribution in [3.05, 3.63) is 70.8 Å². The fraction of sp³-hybridized carbons (Fsp3) is 0.409. The number of carbonyl (C=O) groups excluding carboxylic acids is 1. The van der Waals surface area contributed by atoms with Crippen LogP contribution < -0.4 is 0 Å². The molecule has 1 aliphatic heterocycles. The van der Waals surface area contributed by atoms with E-state index in [1.54, 1.807) is 0 Å². The normalized spacial score (nSPS) is 18.1. The third kappa shape index (κ3) is 4.70. The molecule has 1 unspecified atom stereocenters. The highest BCUT2D eigenvalue weighted by atomic mass is 16.5. The molecule has 0 aromatic heterocycles. The van der Waals surface area contributed by atoms with Gasteiger partial charge in [0.1, 0.15) is 6.61 Å². The molecular weight excluding hydrogens is 310 g/mol. The van der Waals surface area contributed by atoms with E-state index in [2.05, 4.69) is 30.0 Å². The van der Waals surface area contributed by atoms with Crippen molar-refractivity contribution >= 4 is 5.97 Å². The molecule has 3 nitrogen and oxygen atoms in total. The van der Waals surface area contributed by atoms with E-state index in [1.165, 1.54) is 24.8 Å². The zero-order valence-electron chi connectivity index (χ0n) is 15.2. The standard InChI is InChI=1S/C22H27NO2/c1-17-10-12-19(13-11-17)22(24)25-16-21-9-4-3-8-20(21)15-23-14-6-5-7-18(23)2/h3-4,8-13,18H,5-7,14-16H2,1-2H3. The SMILES string of the molecule is Cc1ccc(C(=O)OCc2ccccc2CN2CCCCC2C)cc1. The Bertz CT molecular complexity index is 708. The second kappa shape index (κ2) is 8.30. The fourth-order valence-corrected chi connectivity index (χ4v) is 3.38. The summed E-state index contributed by atoms with van der Waals surface area (Å²) in [5.74, 6) is -0.263. The summed E-state index contributed by atoms with van der Waals surface area (Å²) in [5.41, 5.74) is 4.10. The smallest absolute Gasteiger partial charge is 0.338 e. The summed E-state index contributed by atoms with van der Waals surface area (Å²) < 4.78 is 5.55. The Hall–Kier alpha value is -2.13. The van der Waals surface area contributed by atoms with E-state index in [0.29, 0.717) is 18.2 Å². The van der Waals surface area contributed by atoms with Crippen LogP contribution in [0.1, 0.15) is 53.2 Å². The lowest BCUT2D eigenvalue weighted by atomic mass is 10.0. The van der Waals surface area contributed by atoms with Crippen LogP contribution in [-0.4, -0.2) is 23.5 Å². The first-order valence-electron chi connectivity index (χ1n) is 9.18. The minimum atomic E-state index is -0.263. The lowest BCUT2D eigenvalue weighted by Gasteiger charge is -2.33. The number of hydrogen-bond donors (Lipinski definition) is 0.